The van der Waals surface area contributed by atoms with Gasteiger partial charge in [0.1, 0.15) is 0 Å². The molecule has 0 unspecified atom stereocenters. The molecule has 0 N–H and O–H groups in total. The molecule has 0 heterocycles. The summed E-state index contributed by atoms with van der Waals surface area (Å²) in [6.45, 7) is 3.38. The van der Waals surface area contributed by atoms with Crippen LogP contribution >= 0.6 is 0 Å². The van der Waals surface area contributed by atoms with E-state index >= 15 is 0 Å². The van der Waals surface area contributed by atoms with Gasteiger partial charge in [0, 0.05) is 7.05 Å². The number of methoxy groups -OCH3 is 1. The maximum Gasteiger partial charge on any atom is 0.225 e. The van der Waals surface area contributed by atoms with Gasteiger partial charge in [0.25, 0.3) is 0 Å². The minimum atomic E-state index is 0.336. The van der Waals surface area contributed by atoms with Crippen molar-refractivity contribution in [3.8, 4) is 0 Å². The molecule has 0 aliphatic heterocycles. The number of hydrogen-bond acceptors (Lipinski definition) is 3. The van der Waals surface area contributed by atoms with Crippen LogP contribution in [0.25, 0.3) is 0 Å². The average molecular weight is 100 g/mol. The number of hydrogen-bond donors (Lipinski definition) is 0. The smallest absolute Gasteiger partial charge is 0.225 e. The Morgan fingerprint density at radius 2 is 2.29 bits per heavy atom. The van der Waals surface area contributed by atoms with Crippen LogP contribution in [0.1, 0.15) is 0 Å². The van der Waals surface area contributed by atoms with Gasteiger partial charge in [-0.3, -0.25) is 0 Å². The summed E-state index contributed by atoms with van der Waals surface area (Å²) in [6.07, 6.45) is 0. The highest BCUT2D eigenvalue weighted by molar-refractivity contribution is 4.74. The Bertz CT molecular complexity index is 87.7. The van der Waals surface area contributed by atoms with Crippen molar-refractivity contribution in [1.29, 1.82) is 0 Å². The lowest BCUT2D eigenvalue weighted by molar-refractivity contribution is 0.286. The summed E-state index contributed by atoms with van der Waals surface area (Å²) in [4.78, 5) is 0. The lowest BCUT2D eigenvalue weighted by Gasteiger charge is -1.89. The van der Waals surface area contributed by atoms with E-state index in [1.54, 1.807) is 7.05 Å². The second-order valence-corrected chi connectivity index (χ2v) is 0.898. The van der Waals surface area contributed by atoms with E-state index in [1.807, 2.05) is 0 Å². The summed E-state index contributed by atoms with van der Waals surface area (Å²) in [5.74, 6) is 0.336. The molecule has 40 valence electrons. The zero-order valence-electron chi connectivity index (χ0n) is 4.51. The van der Waals surface area contributed by atoms with Crippen molar-refractivity contribution in [1.82, 2.24) is 0 Å². The normalized spacial score (nSPS) is 9.43. The third-order valence-electron chi connectivity index (χ3n) is 0.447. The van der Waals surface area contributed by atoms with Gasteiger partial charge in [-0.05, 0) is 6.58 Å². The highest BCUT2D eigenvalue weighted by Gasteiger charge is 1.77. The lowest BCUT2D eigenvalue weighted by atomic mass is 10.9. The Hall–Kier alpha value is -0.860. The molecule has 3 heteroatoms. The monoisotopic (exact) mass is 100 g/mol. The average Bonchev–Trinajstić information content (AvgIpc) is 1.68. The van der Waals surface area contributed by atoms with Crippen LogP contribution in [-0.2, 0) is 4.74 Å². The van der Waals surface area contributed by atoms with E-state index in [-0.39, 0.29) is 0 Å². The predicted molar refractivity (Wildman–Crippen MR) is 26.9 cm³/mol. The van der Waals surface area contributed by atoms with Crippen LogP contribution in [0, 0.1) is 0 Å². The van der Waals surface area contributed by atoms with Gasteiger partial charge in [-0.1, -0.05) is 0 Å². The van der Waals surface area contributed by atoms with Gasteiger partial charge >= 0.3 is 0 Å². The number of nitrogens with zero attached hydrogens (tertiary/aromatic N) is 2. The first-order chi connectivity index (χ1) is 3.31. The topological polar surface area (TPSA) is 34.0 Å². The van der Waals surface area contributed by atoms with Crippen molar-refractivity contribution in [2.24, 2.45) is 10.2 Å². The van der Waals surface area contributed by atoms with Gasteiger partial charge in [0.15, 0.2) is 0 Å². The van der Waals surface area contributed by atoms with Crippen molar-refractivity contribution in [2.75, 3.05) is 14.2 Å². The third-order valence-corrected chi connectivity index (χ3v) is 0.447. The van der Waals surface area contributed by atoms with Gasteiger partial charge in [0.05, 0.1) is 7.11 Å². The second kappa shape index (κ2) is 3.33. The molecule has 0 aromatic rings. The number of rotatable bonds is 2. The number of azo groups is 1. The fourth-order valence-corrected chi connectivity index (χ4v) is 0.152. The van der Waals surface area contributed by atoms with E-state index in [0.29, 0.717) is 5.88 Å². The van der Waals surface area contributed by atoms with Crippen molar-refractivity contribution in [3.63, 3.8) is 0 Å². The molecule has 7 heavy (non-hydrogen) atoms. The summed E-state index contributed by atoms with van der Waals surface area (Å²) in [6, 6.07) is 0. The molecule has 0 aromatic carbocycles. The fraction of sp³-hybridized carbons (Fsp3) is 0.500. The SMILES string of the molecule is C=C(N=NC)OC. The van der Waals surface area contributed by atoms with Crippen LogP contribution in [0.15, 0.2) is 22.7 Å². The van der Waals surface area contributed by atoms with Crippen molar-refractivity contribution in [2.45, 2.75) is 0 Å². The van der Waals surface area contributed by atoms with E-state index in [1.165, 1.54) is 7.11 Å². The van der Waals surface area contributed by atoms with Gasteiger partial charge in [-0.2, -0.15) is 5.11 Å². The first-order valence-electron chi connectivity index (χ1n) is 1.84. The summed E-state index contributed by atoms with van der Waals surface area (Å²) in [7, 11) is 3.06. The van der Waals surface area contributed by atoms with Gasteiger partial charge in [0.2, 0.25) is 5.88 Å². The Morgan fingerprint density at radius 3 is 2.43 bits per heavy atom. The Balaban J connectivity index is 3.37. The maximum atomic E-state index is 4.54. The van der Waals surface area contributed by atoms with Crippen LogP contribution in [-0.4, -0.2) is 14.2 Å². The van der Waals surface area contributed by atoms with E-state index in [0.717, 1.165) is 0 Å². The first kappa shape index (κ1) is 6.14. The highest BCUT2D eigenvalue weighted by atomic mass is 16.5. The van der Waals surface area contributed by atoms with E-state index in [4.69, 9.17) is 0 Å². The van der Waals surface area contributed by atoms with Crippen LogP contribution in [0.5, 0.6) is 0 Å². The summed E-state index contributed by atoms with van der Waals surface area (Å²) >= 11 is 0. The van der Waals surface area contributed by atoms with E-state index in [9.17, 15) is 0 Å². The van der Waals surface area contributed by atoms with Gasteiger partial charge < -0.3 is 4.74 Å². The van der Waals surface area contributed by atoms with Gasteiger partial charge in [-0.15, -0.1) is 5.11 Å². The third kappa shape index (κ3) is 2.96. The molecular formula is C4H8N2O. The van der Waals surface area contributed by atoms with Gasteiger partial charge in [-0.25, -0.2) is 0 Å². The predicted octanol–water partition coefficient (Wildman–Crippen LogP) is 1.19. The quantitative estimate of drug-likeness (QED) is 0.379. The zero-order chi connectivity index (χ0) is 5.70. The van der Waals surface area contributed by atoms with Crippen LogP contribution < -0.4 is 0 Å². The van der Waals surface area contributed by atoms with Crippen LogP contribution in [0.4, 0.5) is 0 Å². The van der Waals surface area contributed by atoms with E-state index < -0.39 is 0 Å². The molecule has 0 bridgehead atoms. The molecule has 0 atom stereocenters. The molecule has 0 fully saturated rings. The molecule has 0 saturated heterocycles. The molecule has 0 saturated carbocycles. The molecule has 3 nitrogen and oxygen atoms in total. The molecule has 0 spiro atoms. The Morgan fingerprint density at radius 1 is 1.71 bits per heavy atom. The second-order valence-electron chi connectivity index (χ2n) is 0.898. The van der Waals surface area contributed by atoms with Crippen molar-refractivity contribution >= 4 is 0 Å². The molecule has 0 aromatic heterocycles. The van der Waals surface area contributed by atoms with E-state index in [2.05, 4.69) is 21.5 Å². The van der Waals surface area contributed by atoms with Crippen molar-refractivity contribution < 1.29 is 4.74 Å². The fourth-order valence-electron chi connectivity index (χ4n) is 0.152. The van der Waals surface area contributed by atoms with Crippen molar-refractivity contribution in [3.05, 3.63) is 12.5 Å². The standard InChI is InChI=1S/C4H8N2O/c1-4(7-3)6-5-2/h1H2,2-3H3. The first-order valence-corrected chi connectivity index (χ1v) is 1.84. The molecule has 0 aliphatic carbocycles. The van der Waals surface area contributed by atoms with Crippen LogP contribution in [0.3, 0.4) is 0 Å². The zero-order valence-corrected chi connectivity index (χ0v) is 4.51. The summed E-state index contributed by atoms with van der Waals surface area (Å²) in [5.41, 5.74) is 0. The molecule has 0 amide bonds. The maximum absolute atomic E-state index is 4.54. The lowest BCUT2D eigenvalue weighted by Crippen LogP contribution is -1.74. The Labute approximate surface area is 42.7 Å². The summed E-state index contributed by atoms with van der Waals surface area (Å²) in [5, 5.41) is 6.86. The number of ether oxygens (including phenoxy) is 1. The highest BCUT2D eigenvalue weighted by Crippen LogP contribution is 1.89. The molecule has 0 aliphatic rings. The minimum Gasteiger partial charge on any atom is -0.480 e. The molecular weight excluding hydrogens is 92.1 g/mol. The molecule has 0 rings (SSSR count). The minimum absolute atomic E-state index is 0.336. The largest absolute Gasteiger partial charge is 0.480 e. The Kier molecular flexibility index (Phi) is 2.92. The molecule has 0 radical (unpaired) electrons. The summed E-state index contributed by atoms with van der Waals surface area (Å²) < 4.78 is 4.54. The van der Waals surface area contributed by atoms with Crippen LogP contribution in [0.2, 0.25) is 0 Å².